The van der Waals surface area contributed by atoms with Crippen LogP contribution in [0.5, 0.6) is 11.5 Å². The number of amides is 2. The summed E-state index contributed by atoms with van der Waals surface area (Å²) >= 11 is 0. The van der Waals surface area contributed by atoms with Crippen molar-refractivity contribution in [1.29, 1.82) is 0 Å². The first-order valence-electron chi connectivity index (χ1n) is 25.2. The van der Waals surface area contributed by atoms with Crippen molar-refractivity contribution >= 4 is 48.2 Å². The summed E-state index contributed by atoms with van der Waals surface area (Å²) in [5, 5.41) is 5.46. The van der Waals surface area contributed by atoms with Gasteiger partial charge in [-0.25, -0.2) is 19.7 Å². The number of imidazole rings is 1. The van der Waals surface area contributed by atoms with Gasteiger partial charge in [0.2, 0.25) is 0 Å². The molecule has 79 heavy (non-hydrogen) atoms. The van der Waals surface area contributed by atoms with E-state index < -0.39 is 73.5 Å². The van der Waals surface area contributed by atoms with Crippen LogP contribution in [0.15, 0.2) is 169 Å². The molecule has 10 rings (SSSR count). The Morgan fingerprint density at radius 3 is 1.80 bits per heavy atom. The van der Waals surface area contributed by atoms with Crippen LogP contribution in [0, 0.1) is 0 Å². The number of nitrogens with zero attached hydrogens (tertiary/aromatic N) is 6. The van der Waals surface area contributed by atoms with Crippen LogP contribution in [-0.4, -0.2) is 105 Å². The largest absolute Gasteiger partial charge is 0.497 e. The molecule has 22 heteroatoms. The molecule has 406 valence electrons. The van der Waals surface area contributed by atoms with Crippen molar-refractivity contribution in [3.63, 3.8) is 0 Å². The summed E-state index contributed by atoms with van der Waals surface area (Å²) in [6.45, 7) is 2.02. The summed E-state index contributed by atoms with van der Waals surface area (Å²) in [5.74, 6) is 0.0114. The molecular weight excluding hydrogens is 1040 g/mol. The van der Waals surface area contributed by atoms with Crippen molar-refractivity contribution in [2.45, 2.75) is 62.2 Å². The van der Waals surface area contributed by atoms with E-state index in [1.165, 1.54) is 43.1 Å². The normalized spacial score (nSPS) is 19.8. The average molecular weight is 1090 g/mol. The SMILES string of the molecule is COc1ccc(C(OC[C@H]2O[C@@H](n3cnc4c(NC(=O)c5ccccc5)ncnc43)C[C@@H]2OP(C)(=O)OC[C@H]2O[C@@H](n3ccc(NC(=O)c4ccccc4)nc3=O)C[C@@H]2OC(C)=O)(c2ccccc2)c2ccc(OC)cc2)cc1. The number of hydrogen-bond acceptors (Lipinski definition) is 17. The number of aromatic nitrogens is 6. The van der Waals surface area contributed by atoms with Gasteiger partial charge in [-0.3, -0.25) is 28.1 Å². The van der Waals surface area contributed by atoms with Gasteiger partial charge in [0.15, 0.2) is 17.0 Å². The number of carbonyl (C=O) groups is 3. The Bertz CT molecular complexity index is 3490. The third kappa shape index (κ3) is 12.0. The van der Waals surface area contributed by atoms with Crippen molar-refractivity contribution < 1.29 is 56.4 Å². The molecule has 21 nitrogen and oxygen atoms in total. The van der Waals surface area contributed by atoms with Gasteiger partial charge in [0, 0.05) is 43.8 Å². The molecule has 0 radical (unpaired) electrons. The van der Waals surface area contributed by atoms with Gasteiger partial charge in [-0.15, -0.1) is 0 Å². The maximum absolute atomic E-state index is 14.8. The molecule has 5 aromatic carbocycles. The fourth-order valence-corrected chi connectivity index (χ4v) is 10.9. The fraction of sp³-hybridized carbons (Fsp3) is 0.263. The molecule has 0 aliphatic carbocycles. The summed E-state index contributed by atoms with van der Waals surface area (Å²) in [5.41, 5.74) is 1.69. The second kappa shape index (κ2) is 23.7. The molecule has 1 unspecified atom stereocenters. The van der Waals surface area contributed by atoms with Gasteiger partial charge < -0.3 is 48.1 Å². The summed E-state index contributed by atoms with van der Waals surface area (Å²) in [4.78, 5) is 69.3. The first kappa shape index (κ1) is 53.9. The number of esters is 1. The molecule has 8 aromatic rings. The second-order valence-electron chi connectivity index (χ2n) is 18.6. The number of anilines is 2. The van der Waals surface area contributed by atoms with E-state index in [-0.39, 0.29) is 37.7 Å². The van der Waals surface area contributed by atoms with Gasteiger partial charge in [-0.2, -0.15) is 4.98 Å². The van der Waals surface area contributed by atoms with E-state index in [1.807, 2.05) is 84.9 Å². The average Bonchev–Trinajstić information content (AvgIpc) is 4.37. The topological polar surface area (TPSA) is 245 Å². The van der Waals surface area contributed by atoms with Gasteiger partial charge in [0.25, 0.3) is 11.8 Å². The van der Waals surface area contributed by atoms with E-state index in [1.54, 1.807) is 73.4 Å². The van der Waals surface area contributed by atoms with Crippen LogP contribution in [0.3, 0.4) is 0 Å². The predicted octanol–water partition coefficient (Wildman–Crippen LogP) is 8.35. The highest BCUT2D eigenvalue weighted by Crippen LogP contribution is 2.51. The van der Waals surface area contributed by atoms with Crippen LogP contribution in [0.1, 0.15) is 69.6 Å². The Hall–Kier alpha value is -8.43. The lowest BCUT2D eigenvalue weighted by Crippen LogP contribution is -2.38. The lowest BCUT2D eigenvalue weighted by Gasteiger charge is -2.37. The van der Waals surface area contributed by atoms with Gasteiger partial charge >= 0.3 is 19.3 Å². The minimum absolute atomic E-state index is 0.0168. The summed E-state index contributed by atoms with van der Waals surface area (Å²) in [7, 11) is -0.921. The molecule has 0 saturated carbocycles. The van der Waals surface area contributed by atoms with Crippen LogP contribution in [0.2, 0.25) is 0 Å². The molecule has 2 aliphatic rings. The molecule has 2 N–H and O–H groups in total. The lowest BCUT2D eigenvalue weighted by molar-refractivity contribution is -0.150. The minimum Gasteiger partial charge on any atom is -0.497 e. The Labute approximate surface area is 453 Å². The highest BCUT2D eigenvalue weighted by molar-refractivity contribution is 7.53. The standard InChI is InChI=1S/C57H55N8O13P/c1-36(66)75-44-30-49(64-29-28-48(62-56(64)69)61-54(67)37-14-8-5-9-15-37)77-47(44)33-74-79(4,70)78-45-31-50(65-35-60-51-52(58-34-59-53(51)65)63-55(68)38-16-10-6-11-17-38)76-46(45)32-73-57(39-18-12-7-13-19-39,40-20-24-42(71-2)25-21-40)41-22-26-43(72-3)27-23-41/h5-29,34-35,44-47,49-50H,30-33H2,1-4H3,(H,58,59,63,68)(H,61,62,67,69)/t44-,45-,46+,47+,49+,50+,79?/m0/s1. The zero-order chi connectivity index (χ0) is 55.1. The molecule has 3 aromatic heterocycles. The van der Waals surface area contributed by atoms with Crippen LogP contribution in [-0.2, 0) is 43.0 Å². The zero-order valence-corrected chi connectivity index (χ0v) is 44.2. The van der Waals surface area contributed by atoms with Crippen molar-refractivity contribution in [1.82, 2.24) is 29.1 Å². The fourth-order valence-electron chi connectivity index (χ4n) is 9.66. The zero-order valence-electron chi connectivity index (χ0n) is 43.3. The maximum Gasteiger partial charge on any atom is 0.351 e. The number of fused-ring (bicyclic) bond motifs is 1. The van der Waals surface area contributed by atoms with E-state index in [0.29, 0.717) is 33.8 Å². The molecule has 7 atom stereocenters. The Morgan fingerprint density at radius 2 is 1.22 bits per heavy atom. The van der Waals surface area contributed by atoms with Crippen molar-refractivity contribution in [2.24, 2.45) is 0 Å². The molecule has 0 bridgehead atoms. The number of ether oxygens (including phenoxy) is 6. The van der Waals surface area contributed by atoms with Gasteiger partial charge in [0.05, 0.1) is 39.9 Å². The molecule has 2 aliphatic heterocycles. The Kier molecular flexibility index (Phi) is 16.2. The predicted molar refractivity (Wildman–Crippen MR) is 288 cm³/mol. The Morgan fingerprint density at radius 1 is 0.671 bits per heavy atom. The highest BCUT2D eigenvalue weighted by Gasteiger charge is 2.46. The lowest BCUT2D eigenvalue weighted by atomic mass is 9.80. The third-order valence-corrected chi connectivity index (χ3v) is 14.7. The van der Waals surface area contributed by atoms with Gasteiger partial charge in [0.1, 0.15) is 60.0 Å². The van der Waals surface area contributed by atoms with E-state index in [4.69, 9.17) is 37.5 Å². The monoisotopic (exact) mass is 1090 g/mol. The molecular formula is C57H55N8O13P. The van der Waals surface area contributed by atoms with E-state index in [2.05, 4.69) is 30.6 Å². The van der Waals surface area contributed by atoms with E-state index >= 15 is 0 Å². The van der Waals surface area contributed by atoms with Crippen LogP contribution < -0.4 is 25.8 Å². The number of rotatable bonds is 20. The number of carbonyl (C=O) groups excluding carboxylic acids is 3. The number of hydrogen-bond donors (Lipinski definition) is 2. The van der Waals surface area contributed by atoms with Crippen molar-refractivity contribution in [3.8, 4) is 11.5 Å². The van der Waals surface area contributed by atoms with Crippen LogP contribution in [0.25, 0.3) is 11.2 Å². The minimum atomic E-state index is -4.10. The Balaban J connectivity index is 0.932. The smallest absolute Gasteiger partial charge is 0.351 e. The highest BCUT2D eigenvalue weighted by atomic mass is 31.2. The summed E-state index contributed by atoms with van der Waals surface area (Å²) in [6.07, 6.45) is -1.38. The summed E-state index contributed by atoms with van der Waals surface area (Å²) in [6, 6.07) is 43.4. The maximum atomic E-state index is 14.8. The first-order valence-corrected chi connectivity index (χ1v) is 27.2. The summed E-state index contributed by atoms with van der Waals surface area (Å²) < 4.78 is 67.5. The van der Waals surface area contributed by atoms with Gasteiger partial charge in [-0.1, -0.05) is 91.0 Å². The number of methoxy groups -OCH3 is 2. The van der Waals surface area contributed by atoms with Gasteiger partial charge in [-0.05, 0) is 71.3 Å². The molecule has 2 saturated heterocycles. The van der Waals surface area contributed by atoms with Crippen molar-refractivity contribution in [3.05, 3.63) is 203 Å². The number of benzene rings is 5. The molecule has 0 spiro atoms. The second-order valence-corrected chi connectivity index (χ2v) is 20.6. The first-order chi connectivity index (χ1) is 38.3. The molecule has 5 heterocycles. The van der Waals surface area contributed by atoms with E-state index in [0.717, 1.165) is 16.7 Å². The van der Waals surface area contributed by atoms with Crippen LogP contribution >= 0.6 is 7.60 Å². The third-order valence-electron chi connectivity index (χ3n) is 13.5. The van der Waals surface area contributed by atoms with Crippen molar-refractivity contribution in [2.75, 3.05) is 44.7 Å². The molecule has 2 fully saturated rings. The molecule has 2 amide bonds. The number of nitrogens with one attached hydrogen (secondary N) is 2. The van der Waals surface area contributed by atoms with E-state index in [9.17, 15) is 23.7 Å². The quantitative estimate of drug-likeness (QED) is 0.0414. The van der Waals surface area contributed by atoms with Crippen LogP contribution in [0.4, 0.5) is 11.6 Å².